The number of rotatable bonds is 4. The Morgan fingerprint density at radius 1 is 1.33 bits per heavy atom. The van der Waals surface area contributed by atoms with Gasteiger partial charge in [-0.05, 0) is 22.4 Å². The third kappa shape index (κ3) is 2.17. The highest BCUT2D eigenvalue weighted by Gasteiger charge is 2.07. The molecular weight excluding hydrogens is 256 g/mol. The van der Waals surface area contributed by atoms with Crippen LogP contribution in [-0.2, 0) is 6.42 Å². The fraction of sp³-hybridized carbons (Fsp3) is 0.500. The molecule has 0 saturated carbocycles. The molecule has 0 amide bonds. The van der Waals surface area contributed by atoms with Gasteiger partial charge in [0.05, 0.1) is 0 Å². The highest BCUT2D eigenvalue weighted by atomic mass is 79.9. The van der Waals surface area contributed by atoms with Crippen LogP contribution in [0.4, 0.5) is 0 Å². The van der Waals surface area contributed by atoms with Crippen LogP contribution in [0.2, 0.25) is 0 Å². The summed E-state index contributed by atoms with van der Waals surface area (Å²) in [6.45, 7) is 2.20. The third-order valence-electron chi connectivity index (χ3n) is 2.36. The first kappa shape index (κ1) is 10.5. The summed E-state index contributed by atoms with van der Waals surface area (Å²) in [6.07, 6.45) is 8.26. The monoisotopic (exact) mass is 268 g/mol. The molecule has 0 bridgehead atoms. The zero-order chi connectivity index (χ0) is 10.7. The fourth-order valence-corrected chi connectivity index (χ4v) is 1.94. The minimum Gasteiger partial charge on any atom is -0.283 e. The normalized spacial score (nSPS) is 11.1. The van der Waals surface area contributed by atoms with Crippen LogP contribution in [0.5, 0.6) is 0 Å². The standard InChI is InChI=1S/C10H13BrN4/c1-2-3-4-5-8-13-14-10-9(11)12-6-7-15(8)10/h6-7H,2-5H2,1H3. The summed E-state index contributed by atoms with van der Waals surface area (Å²) in [5, 5.41) is 8.27. The van der Waals surface area contributed by atoms with Gasteiger partial charge in [-0.3, -0.25) is 4.40 Å². The number of fused-ring (bicyclic) bond motifs is 1. The van der Waals surface area contributed by atoms with Gasteiger partial charge in [0.2, 0.25) is 0 Å². The van der Waals surface area contributed by atoms with Crippen molar-refractivity contribution in [2.75, 3.05) is 0 Å². The average molecular weight is 269 g/mol. The van der Waals surface area contributed by atoms with Crippen LogP contribution in [0.15, 0.2) is 17.0 Å². The molecule has 0 unspecified atom stereocenters. The number of aromatic nitrogens is 4. The van der Waals surface area contributed by atoms with Gasteiger partial charge >= 0.3 is 0 Å². The van der Waals surface area contributed by atoms with Crippen molar-refractivity contribution in [3.8, 4) is 0 Å². The first-order valence-corrected chi connectivity index (χ1v) is 5.96. The van der Waals surface area contributed by atoms with Gasteiger partial charge in [0, 0.05) is 18.8 Å². The van der Waals surface area contributed by atoms with Crippen LogP contribution in [-0.4, -0.2) is 19.6 Å². The predicted molar refractivity (Wildman–Crippen MR) is 61.7 cm³/mol. The van der Waals surface area contributed by atoms with Crippen molar-refractivity contribution in [3.63, 3.8) is 0 Å². The summed E-state index contributed by atoms with van der Waals surface area (Å²) in [5.74, 6) is 1.02. The molecule has 0 fully saturated rings. The van der Waals surface area contributed by atoms with Gasteiger partial charge in [0.25, 0.3) is 0 Å². The summed E-state index contributed by atoms with van der Waals surface area (Å²) in [7, 11) is 0. The molecule has 5 heteroatoms. The van der Waals surface area contributed by atoms with Gasteiger partial charge in [0.1, 0.15) is 5.82 Å². The molecule has 0 aliphatic rings. The predicted octanol–water partition coefficient (Wildman–Crippen LogP) is 2.62. The Morgan fingerprint density at radius 3 is 3.00 bits per heavy atom. The van der Waals surface area contributed by atoms with Crippen molar-refractivity contribution in [2.45, 2.75) is 32.6 Å². The van der Waals surface area contributed by atoms with E-state index < -0.39 is 0 Å². The van der Waals surface area contributed by atoms with Crippen LogP contribution in [0.1, 0.15) is 32.0 Å². The molecule has 0 N–H and O–H groups in total. The smallest absolute Gasteiger partial charge is 0.193 e. The molecule has 0 aromatic carbocycles. The average Bonchev–Trinajstić information content (AvgIpc) is 2.64. The Bertz CT molecular complexity index is 452. The molecule has 2 heterocycles. The molecule has 2 rings (SSSR count). The Labute approximate surface area is 96.9 Å². The highest BCUT2D eigenvalue weighted by Crippen LogP contribution is 2.14. The zero-order valence-corrected chi connectivity index (χ0v) is 10.2. The number of nitrogens with zero attached hydrogens (tertiary/aromatic N) is 4. The summed E-state index contributed by atoms with van der Waals surface area (Å²) in [4.78, 5) is 4.11. The van der Waals surface area contributed by atoms with Crippen molar-refractivity contribution >= 4 is 21.6 Å². The van der Waals surface area contributed by atoms with E-state index in [9.17, 15) is 0 Å². The fourth-order valence-electron chi connectivity index (χ4n) is 1.55. The van der Waals surface area contributed by atoms with Crippen LogP contribution in [0.25, 0.3) is 5.65 Å². The van der Waals surface area contributed by atoms with Gasteiger partial charge in [-0.15, -0.1) is 10.2 Å². The molecule has 15 heavy (non-hydrogen) atoms. The summed E-state index contributed by atoms with van der Waals surface area (Å²) in [6, 6.07) is 0. The van der Waals surface area contributed by atoms with Gasteiger partial charge in [-0.1, -0.05) is 19.8 Å². The van der Waals surface area contributed by atoms with Crippen LogP contribution >= 0.6 is 15.9 Å². The molecule has 0 spiro atoms. The second-order valence-corrected chi connectivity index (χ2v) is 4.24. The molecule has 0 atom stereocenters. The first-order valence-electron chi connectivity index (χ1n) is 5.17. The maximum absolute atomic E-state index is 4.17. The van der Waals surface area contributed by atoms with E-state index in [-0.39, 0.29) is 0 Å². The third-order valence-corrected chi connectivity index (χ3v) is 2.92. The van der Waals surface area contributed by atoms with E-state index in [1.165, 1.54) is 12.8 Å². The van der Waals surface area contributed by atoms with Crippen LogP contribution < -0.4 is 0 Å². The second kappa shape index (κ2) is 4.70. The van der Waals surface area contributed by atoms with Crippen LogP contribution in [0, 0.1) is 0 Å². The molecule has 0 aliphatic carbocycles. The minimum absolute atomic E-state index is 0.749. The van der Waals surface area contributed by atoms with Crippen molar-refractivity contribution in [2.24, 2.45) is 0 Å². The van der Waals surface area contributed by atoms with E-state index in [2.05, 4.69) is 38.0 Å². The molecule has 2 aromatic rings. The van der Waals surface area contributed by atoms with E-state index >= 15 is 0 Å². The highest BCUT2D eigenvalue weighted by molar-refractivity contribution is 9.10. The Morgan fingerprint density at radius 2 is 2.20 bits per heavy atom. The SMILES string of the molecule is CCCCCc1nnc2c(Br)nccn12. The minimum atomic E-state index is 0.749. The maximum Gasteiger partial charge on any atom is 0.193 e. The summed E-state index contributed by atoms with van der Waals surface area (Å²) >= 11 is 3.36. The van der Waals surface area contributed by atoms with Crippen molar-refractivity contribution in [1.82, 2.24) is 19.6 Å². The molecule has 2 aromatic heterocycles. The summed E-state index contributed by atoms with van der Waals surface area (Å²) < 4.78 is 2.74. The molecule has 4 nitrogen and oxygen atoms in total. The lowest BCUT2D eigenvalue weighted by atomic mass is 10.2. The lowest BCUT2D eigenvalue weighted by molar-refractivity contribution is 0.688. The van der Waals surface area contributed by atoms with Crippen molar-refractivity contribution < 1.29 is 0 Å². The number of aryl methyl sites for hydroxylation is 1. The van der Waals surface area contributed by atoms with Gasteiger partial charge in [-0.2, -0.15) is 0 Å². The van der Waals surface area contributed by atoms with Gasteiger partial charge in [0.15, 0.2) is 10.3 Å². The van der Waals surface area contributed by atoms with E-state index in [0.29, 0.717) is 0 Å². The molecule has 0 aliphatic heterocycles. The Balaban J connectivity index is 2.25. The van der Waals surface area contributed by atoms with Gasteiger partial charge < -0.3 is 0 Å². The maximum atomic E-state index is 4.17. The quantitative estimate of drug-likeness (QED) is 0.801. The zero-order valence-electron chi connectivity index (χ0n) is 8.65. The Hall–Kier alpha value is -0.970. The second-order valence-electron chi connectivity index (χ2n) is 3.48. The number of hydrogen-bond donors (Lipinski definition) is 0. The van der Waals surface area contributed by atoms with Crippen molar-refractivity contribution in [3.05, 3.63) is 22.8 Å². The Kier molecular flexibility index (Phi) is 3.30. The lowest BCUT2D eigenvalue weighted by Gasteiger charge is -1.99. The van der Waals surface area contributed by atoms with E-state index in [0.717, 1.165) is 28.9 Å². The topological polar surface area (TPSA) is 43.1 Å². The molecule has 80 valence electrons. The number of unbranched alkanes of at least 4 members (excludes halogenated alkanes) is 2. The molecular formula is C10H13BrN4. The number of halogens is 1. The van der Waals surface area contributed by atoms with E-state index in [1.54, 1.807) is 6.20 Å². The van der Waals surface area contributed by atoms with E-state index in [1.807, 2.05) is 10.6 Å². The van der Waals surface area contributed by atoms with Crippen molar-refractivity contribution in [1.29, 1.82) is 0 Å². The van der Waals surface area contributed by atoms with Crippen LogP contribution in [0.3, 0.4) is 0 Å². The lowest BCUT2D eigenvalue weighted by Crippen LogP contribution is -1.95. The summed E-state index contributed by atoms with van der Waals surface area (Å²) in [5.41, 5.74) is 0.795. The first-order chi connectivity index (χ1) is 7.33. The molecule has 0 radical (unpaired) electrons. The van der Waals surface area contributed by atoms with Gasteiger partial charge in [-0.25, -0.2) is 4.98 Å². The number of hydrogen-bond acceptors (Lipinski definition) is 3. The van der Waals surface area contributed by atoms with E-state index in [4.69, 9.17) is 0 Å². The molecule has 0 saturated heterocycles. The largest absolute Gasteiger partial charge is 0.283 e.